The molecule has 1 saturated heterocycles. The summed E-state index contributed by atoms with van der Waals surface area (Å²) in [6.07, 6.45) is 2.46. The molecule has 0 bridgehead atoms. The lowest BCUT2D eigenvalue weighted by Crippen LogP contribution is -3.43. The first-order chi connectivity index (χ1) is 18.3. The van der Waals surface area contributed by atoms with Gasteiger partial charge in [-0.1, -0.05) is 66.7 Å². The molecule has 0 saturated carbocycles. The quantitative estimate of drug-likeness (QED) is 0.298. The van der Waals surface area contributed by atoms with Crippen molar-refractivity contribution in [3.05, 3.63) is 127 Å². The molecule has 5 heteroatoms. The predicted octanol–water partition coefficient (Wildman–Crippen LogP) is 4.29. The molecule has 178 valence electrons. The lowest BCUT2D eigenvalue weighted by Gasteiger charge is -2.44. The number of aromatic nitrogens is 1. The molecule has 8 rings (SSSR count). The van der Waals surface area contributed by atoms with Gasteiger partial charge in [0.05, 0.1) is 5.56 Å². The van der Waals surface area contributed by atoms with Gasteiger partial charge in [0, 0.05) is 23.8 Å². The van der Waals surface area contributed by atoms with Crippen LogP contribution in [0, 0.1) is 0 Å². The molecule has 37 heavy (non-hydrogen) atoms. The van der Waals surface area contributed by atoms with Crippen LogP contribution in [0.25, 0.3) is 32.4 Å². The maximum atomic E-state index is 5.06. The highest BCUT2D eigenvalue weighted by atomic mass is 15.5. The minimum atomic E-state index is 0.00803. The van der Waals surface area contributed by atoms with Gasteiger partial charge >= 0.3 is 0 Å². The van der Waals surface area contributed by atoms with Crippen molar-refractivity contribution in [2.45, 2.75) is 18.5 Å². The van der Waals surface area contributed by atoms with Gasteiger partial charge in [-0.3, -0.25) is 0 Å². The molecule has 4 unspecified atom stereocenters. The van der Waals surface area contributed by atoms with Crippen molar-refractivity contribution in [1.82, 2.24) is 10.3 Å². The molecule has 5 aromatic carbocycles. The third-order valence-corrected chi connectivity index (χ3v) is 8.01. The first kappa shape index (κ1) is 20.7. The second-order valence-corrected chi connectivity index (χ2v) is 10.2. The van der Waals surface area contributed by atoms with Crippen LogP contribution in [0.15, 0.2) is 120 Å². The number of hydrogen-bond acceptors (Lipinski definition) is 2. The molecular formula is C32H27N5+2. The fourth-order valence-corrected chi connectivity index (χ4v) is 5.98. The number of nitrogens with one attached hydrogen (secondary N) is 3. The van der Waals surface area contributed by atoms with E-state index in [1.807, 2.05) is 6.20 Å². The number of amidine groups is 1. The Bertz CT molecular complexity index is 1830. The van der Waals surface area contributed by atoms with Crippen molar-refractivity contribution >= 4 is 44.0 Å². The second-order valence-electron chi connectivity index (χ2n) is 10.2. The van der Waals surface area contributed by atoms with Crippen LogP contribution in [0.3, 0.4) is 0 Å². The fourth-order valence-electron chi connectivity index (χ4n) is 5.98. The zero-order valence-electron chi connectivity index (χ0n) is 20.2. The van der Waals surface area contributed by atoms with Gasteiger partial charge in [0.2, 0.25) is 5.84 Å². The standard InChI is InChI=1S/C32H25N5/c1-3-7-23-17-26(12-9-20(23)5-1)31-36-32(37(31)27-14-13-21-6-2-4-8-24(21)18-27)30-34-29(35-30)25-11-10-22-15-16-33-28(22)19-25/h1-19,29,31-33,36H,(H,34,35)/p+2. The van der Waals surface area contributed by atoms with Crippen molar-refractivity contribution in [1.29, 1.82) is 0 Å². The Hall–Kier alpha value is -4.45. The third-order valence-electron chi connectivity index (χ3n) is 8.01. The zero-order valence-corrected chi connectivity index (χ0v) is 20.2. The average molecular weight is 482 g/mol. The molecule has 0 radical (unpaired) electrons. The topological polar surface area (TPSA) is 61.2 Å². The van der Waals surface area contributed by atoms with Crippen LogP contribution in [0.5, 0.6) is 0 Å². The number of nitrogens with two attached hydrogens (primary N) is 1. The number of quaternary nitrogens is 2. The van der Waals surface area contributed by atoms with Crippen LogP contribution >= 0.6 is 0 Å². The van der Waals surface area contributed by atoms with E-state index in [0.717, 1.165) is 11.4 Å². The summed E-state index contributed by atoms with van der Waals surface area (Å²) in [6.45, 7) is 0. The Morgan fingerprint density at radius 3 is 2.11 bits per heavy atom. The third kappa shape index (κ3) is 3.36. The van der Waals surface area contributed by atoms with Gasteiger partial charge in [0.1, 0.15) is 11.9 Å². The number of H-pyrrole nitrogens is 1. The molecule has 0 spiro atoms. The summed E-state index contributed by atoms with van der Waals surface area (Å²) in [5, 5.41) is 12.5. The maximum Gasteiger partial charge on any atom is 0.285 e. The summed E-state index contributed by atoms with van der Waals surface area (Å²) in [4.78, 5) is 9.79. The highest BCUT2D eigenvalue weighted by molar-refractivity contribution is 5.91. The SMILES string of the molecule is c1ccc2cc(C3[NH2+]C(C4=NC(c5ccc6cc[nH]c6c5)N4)[NH+]3c3ccc4ccccc4c3)ccc2c1. The van der Waals surface area contributed by atoms with Gasteiger partial charge in [-0.15, -0.1) is 0 Å². The molecular weight excluding hydrogens is 454 g/mol. The molecule has 0 amide bonds. The van der Waals surface area contributed by atoms with Crippen LogP contribution in [-0.2, 0) is 0 Å². The fraction of sp³-hybridized carbons (Fsp3) is 0.0938. The first-order valence-electron chi connectivity index (χ1n) is 12.9. The number of fused-ring (bicyclic) bond motifs is 3. The monoisotopic (exact) mass is 481 g/mol. The van der Waals surface area contributed by atoms with Crippen molar-refractivity contribution in [3.8, 4) is 0 Å². The Morgan fingerprint density at radius 1 is 0.622 bits per heavy atom. The van der Waals surface area contributed by atoms with Gasteiger partial charge in [-0.05, 0) is 62.8 Å². The second kappa shape index (κ2) is 8.03. The van der Waals surface area contributed by atoms with Gasteiger partial charge in [0.15, 0.2) is 0 Å². The molecule has 2 aliphatic heterocycles. The van der Waals surface area contributed by atoms with Crippen molar-refractivity contribution in [2.24, 2.45) is 4.99 Å². The van der Waals surface area contributed by atoms with E-state index in [0.29, 0.717) is 0 Å². The molecule has 4 atom stereocenters. The predicted molar refractivity (Wildman–Crippen MR) is 149 cm³/mol. The molecule has 2 aliphatic rings. The average Bonchev–Trinajstić information content (AvgIpc) is 3.37. The van der Waals surface area contributed by atoms with Gasteiger partial charge in [-0.2, -0.15) is 4.90 Å². The summed E-state index contributed by atoms with van der Waals surface area (Å²) in [5.74, 6) is 1.07. The maximum absolute atomic E-state index is 5.06. The molecule has 5 nitrogen and oxygen atoms in total. The molecule has 5 N–H and O–H groups in total. The summed E-state index contributed by atoms with van der Waals surface area (Å²) in [6, 6.07) is 39.6. The number of hydrogen-bond donors (Lipinski definition) is 4. The van der Waals surface area contributed by atoms with Gasteiger partial charge in [-0.25, -0.2) is 10.3 Å². The number of aliphatic imine (C=N–C) groups is 1. The van der Waals surface area contributed by atoms with E-state index in [9.17, 15) is 0 Å². The van der Waals surface area contributed by atoms with Crippen molar-refractivity contribution < 1.29 is 10.2 Å². The van der Waals surface area contributed by atoms with Crippen molar-refractivity contribution in [2.75, 3.05) is 0 Å². The Kier molecular flexibility index (Phi) is 4.50. The van der Waals surface area contributed by atoms with E-state index in [1.165, 1.54) is 48.6 Å². The van der Waals surface area contributed by atoms with Crippen LogP contribution < -0.4 is 15.5 Å². The van der Waals surface area contributed by atoms with E-state index in [1.54, 1.807) is 0 Å². The van der Waals surface area contributed by atoms with E-state index >= 15 is 0 Å². The molecule has 1 fully saturated rings. The Labute approximate surface area is 214 Å². The molecule has 6 aromatic rings. The first-order valence-corrected chi connectivity index (χ1v) is 12.9. The van der Waals surface area contributed by atoms with Crippen LogP contribution in [0.1, 0.15) is 23.5 Å². The number of nitrogens with zero attached hydrogens (tertiary/aromatic N) is 1. The van der Waals surface area contributed by atoms with Gasteiger partial charge < -0.3 is 10.3 Å². The number of rotatable bonds is 4. The Morgan fingerprint density at radius 2 is 1.30 bits per heavy atom. The zero-order chi connectivity index (χ0) is 24.3. The summed E-state index contributed by atoms with van der Waals surface area (Å²) in [7, 11) is 0. The molecule has 3 heterocycles. The number of aromatic amines is 1. The minimum absolute atomic E-state index is 0.00803. The van der Waals surface area contributed by atoms with Gasteiger partial charge in [0.25, 0.3) is 12.3 Å². The highest BCUT2D eigenvalue weighted by Crippen LogP contribution is 2.27. The lowest BCUT2D eigenvalue weighted by molar-refractivity contribution is -1.20. The minimum Gasteiger partial charge on any atom is -0.361 e. The number of benzene rings is 5. The largest absolute Gasteiger partial charge is 0.361 e. The van der Waals surface area contributed by atoms with E-state index < -0.39 is 0 Å². The summed E-state index contributed by atoms with van der Waals surface area (Å²) >= 11 is 0. The summed E-state index contributed by atoms with van der Waals surface area (Å²) in [5.41, 5.74) is 4.98. The normalized spacial score (nSPS) is 22.9. The highest BCUT2D eigenvalue weighted by Gasteiger charge is 2.54. The van der Waals surface area contributed by atoms with E-state index in [-0.39, 0.29) is 18.5 Å². The lowest BCUT2D eigenvalue weighted by atomic mass is 9.98. The smallest absolute Gasteiger partial charge is 0.285 e. The van der Waals surface area contributed by atoms with Crippen molar-refractivity contribution in [3.63, 3.8) is 0 Å². The van der Waals surface area contributed by atoms with E-state index in [4.69, 9.17) is 4.99 Å². The summed E-state index contributed by atoms with van der Waals surface area (Å²) < 4.78 is 0. The van der Waals surface area contributed by atoms with Crippen LogP contribution in [-0.4, -0.2) is 17.0 Å². The van der Waals surface area contributed by atoms with E-state index in [2.05, 4.69) is 125 Å². The van der Waals surface area contributed by atoms with Crippen LogP contribution in [0.2, 0.25) is 0 Å². The molecule has 1 aromatic heterocycles. The van der Waals surface area contributed by atoms with Crippen LogP contribution in [0.4, 0.5) is 5.69 Å². The molecule has 0 aliphatic carbocycles. The Balaban J connectivity index is 1.15.